The van der Waals surface area contributed by atoms with Crippen molar-refractivity contribution in [2.45, 2.75) is 26.4 Å². The number of nitrogens with zero attached hydrogens (tertiary/aromatic N) is 2. The van der Waals surface area contributed by atoms with Crippen LogP contribution in [0.5, 0.6) is 11.5 Å². The Labute approximate surface area is 125 Å². The maximum absolute atomic E-state index is 10.2. The quantitative estimate of drug-likeness (QED) is 0.927. The van der Waals surface area contributed by atoms with Crippen LogP contribution in [0, 0.1) is 0 Å². The molecule has 0 atom stereocenters. The summed E-state index contributed by atoms with van der Waals surface area (Å²) >= 11 is 6.07. The van der Waals surface area contributed by atoms with Gasteiger partial charge in [-0.3, -0.25) is 9.80 Å². The molecule has 1 N–H and O–H groups in total. The van der Waals surface area contributed by atoms with Gasteiger partial charge in [0.2, 0.25) is 0 Å². The summed E-state index contributed by atoms with van der Waals surface area (Å²) < 4.78 is 5.14. The fourth-order valence-electron chi connectivity index (χ4n) is 2.58. The van der Waals surface area contributed by atoms with Crippen LogP contribution in [-0.4, -0.2) is 54.2 Å². The van der Waals surface area contributed by atoms with Crippen LogP contribution < -0.4 is 4.74 Å². The first-order valence-corrected chi connectivity index (χ1v) is 7.41. The lowest BCUT2D eigenvalue weighted by Gasteiger charge is -2.37. The minimum Gasteiger partial charge on any atom is -0.504 e. The van der Waals surface area contributed by atoms with E-state index in [0.29, 0.717) is 23.4 Å². The summed E-state index contributed by atoms with van der Waals surface area (Å²) in [6.45, 7) is 9.30. The van der Waals surface area contributed by atoms with Gasteiger partial charge in [-0.2, -0.15) is 0 Å². The number of ether oxygens (including phenoxy) is 1. The molecule has 20 heavy (non-hydrogen) atoms. The summed E-state index contributed by atoms with van der Waals surface area (Å²) in [4.78, 5) is 4.80. The van der Waals surface area contributed by atoms with Crippen LogP contribution in [0.3, 0.4) is 0 Å². The van der Waals surface area contributed by atoms with Gasteiger partial charge in [-0.15, -0.1) is 0 Å². The highest BCUT2D eigenvalue weighted by atomic mass is 35.5. The number of phenolic OH excluding ortho intramolecular Hbond substituents is 1. The number of hydrogen-bond acceptors (Lipinski definition) is 4. The van der Waals surface area contributed by atoms with Crippen molar-refractivity contribution in [3.05, 3.63) is 22.7 Å². The second kappa shape index (κ2) is 6.66. The molecule has 4 nitrogen and oxygen atoms in total. The summed E-state index contributed by atoms with van der Waals surface area (Å²) in [6.07, 6.45) is 0. The number of benzene rings is 1. The second-order valence-electron chi connectivity index (χ2n) is 5.52. The Hall–Kier alpha value is -0.970. The first-order valence-electron chi connectivity index (χ1n) is 7.03. The van der Waals surface area contributed by atoms with Gasteiger partial charge >= 0.3 is 0 Å². The van der Waals surface area contributed by atoms with E-state index in [1.165, 1.54) is 7.11 Å². The molecule has 2 rings (SSSR count). The third-order valence-corrected chi connectivity index (χ3v) is 4.09. The molecule has 1 aromatic rings. The van der Waals surface area contributed by atoms with Crippen molar-refractivity contribution in [2.75, 3.05) is 33.3 Å². The van der Waals surface area contributed by atoms with Crippen molar-refractivity contribution in [2.24, 2.45) is 0 Å². The highest BCUT2D eigenvalue weighted by Crippen LogP contribution is 2.34. The van der Waals surface area contributed by atoms with Gasteiger partial charge in [0, 0.05) is 55.4 Å². The summed E-state index contributed by atoms with van der Waals surface area (Å²) in [7, 11) is 1.54. The monoisotopic (exact) mass is 298 g/mol. The average molecular weight is 299 g/mol. The van der Waals surface area contributed by atoms with E-state index >= 15 is 0 Å². The first kappa shape index (κ1) is 15.4. The van der Waals surface area contributed by atoms with Gasteiger partial charge in [-0.1, -0.05) is 11.6 Å². The lowest BCUT2D eigenvalue weighted by molar-refractivity contribution is 0.103. The van der Waals surface area contributed by atoms with Crippen LogP contribution in [0.2, 0.25) is 5.02 Å². The van der Waals surface area contributed by atoms with Crippen LogP contribution in [0.1, 0.15) is 19.4 Å². The molecule has 0 amide bonds. The van der Waals surface area contributed by atoms with Gasteiger partial charge in [0.15, 0.2) is 11.5 Å². The molecule has 1 heterocycles. The zero-order chi connectivity index (χ0) is 14.7. The number of halogens is 1. The fourth-order valence-corrected chi connectivity index (χ4v) is 2.81. The topological polar surface area (TPSA) is 35.9 Å². The van der Waals surface area contributed by atoms with E-state index in [9.17, 15) is 5.11 Å². The molecule has 112 valence electrons. The summed E-state index contributed by atoms with van der Waals surface area (Å²) in [5.74, 6) is 0.636. The van der Waals surface area contributed by atoms with Crippen molar-refractivity contribution in [3.63, 3.8) is 0 Å². The second-order valence-corrected chi connectivity index (χ2v) is 5.96. The molecule has 1 aromatic carbocycles. The van der Waals surface area contributed by atoms with E-state index in [2.05, 4.69) is 23.6 Å². The Kier molecular flexibility index (Phi) is 5.13. The summed E-state index contributed by atoms with van der Waals surface area (Å²) in [6, 6.07) is 4.04. The van der Waals surface area contributed by atoms with E-state index < -0.39 is 0 Å². The van der Waals surface area contributed by atoms with Crippen molar-refractivity contribution in [3.8, 4) is 11.5 Å². The van der Waals surface area contributed by atoms with E-state index in [0.717, 1.165) is 31.7 Å². The molecule has 5 heteroatoms. The number of hydrogen-bond donors (Lipinski definition) is 1. The number of aromatic hydroxyl groups is 1. The molecule has 0 bridgehead atoms. The Morgan fingerprint density at radius 1 is 1.25 bits per heavy atom. The maximum Gasteiger partial charge on any atom is 0.162 e. The zero-order valence-electron chi connectivity index (χ0n) is 12.4. The third kappa shape index (κ3) is 3.57. The number of piperazine rings is 1. The molecule has 0 saturated carbocycles. The number of rotatable bonds is 4. The summed E-state index contributed by atoms with van der Waals surface area (Å²) in [5.41, 5.74) is 0.826. The standard InChI is InChI=1S/C15H23ClN2O2/c1-11(2)18-6-4-17(5-7-18)10-12-8-13(16)9-14(20-3)15(12)19/h8-9,11,19H,4-7,10H2,1-3H3. The molecule has 0 aromatic heterocycles. The molecular formula is C15H23ClN2O2. The van der Waals surface area contributed by atoms with Crippen LogP contribution >= 0.6 is 11.6 Å². The highest BCUT2D eigenvalue weighted by molar-refractivity contribution is 6.30. The summed E-state index contributed by atoms with van der Waals surface area (Å²) in [5, 5.41) is 10.8. The van der Waals surface area contributed by atoms with Crippen LogP contribution in [-0.2, 0) is 6.54 Å². The van der Waals surface area contributed by atoms with Crippen molar-refractivity contribution in [1.82, 2.24) is 9.80 Å². The SMILES string of the molecule is COc1cc(Cl)cc(CN2CCN(C(C)C)CC2)c1O. The van der Waals surface area contributed by atoms with Gasteiger partial charge in [0.1, 0.15) is 0 Å². The van der Waals surface area contributed by atoms with Crippen molar-refractivity contribution < 1.29 is 9.84 Å². The normalized spacial score (nSPS) is 17.6. The predicted octanol–water partition coefficient (Wildman–Crippen LogP) is 2.58. The molecule has 1 saturated heterocycles. The molecule has 1 fully saturated rings. The Morgan fingerprint density at radius 2 is 1.90 bits per heavy atom. The van der Waals surface area contributed by atoms with Crippen LogP contribution in [0.25, 0.3) is 0 Å². The lowest BCUT2D eigenvalue weighted by Crippen LogP contribution is -2.48. The Bertz CT molecular complexity index is 457. The Morgan fingerprint density at radius 3 is 2.45 bits per heavy atom. The van der Waals surface area contributed by atoms with Gasteiger partial charge in [0.25, 0.3) is 0 Å². The smallest absolute Gasteiger partial charge is 0.162 e. The van der Waals surface area contributed by atoms with Crippen molar-refractivity contribution >= 4 is 11.6 Å². The van der Waals surface area contributed by atoms with Gasteiger partial charge in [-0.25, -0.2) is 0 Å². The van der Waals surface area contributed by atoms with Crippen LogP contribution in [0.4, 0.5) is 0 Å². The maximum atomic E-state index is 10.2. The Balaban J connectivity index is 2.03. The zero-order valence-corrected chi connectivity index (χ0v) is 13.2. The number of methoxy groups -OCH3 is 1. The van der Waals surface area contributed by atoms with Crippen LogP contribution in [0.15, 0.2) is 12.1 Å². The molecular weight excluding hydrogens is 276 g/mol. The number of phenols is 1. The molecule has 1 aliphatic rings. The third-order valence-electron chi connectivity index (χ3n) is 3.87. The minimum atomic E-state index is 0.197. The molecule has 0 aliphatic carbocycles. The van der Waals surface area contributed by atoms with E-state index in [4.69, 9.17) is 16.3 Å². The van der Waals surface area contributed by atoms with Gasteiger partial charge in [0.05, 0.1) is 7.11 Å². The first-order chi connectivity index (χ1) is 9.51. The average Bonchev–Trinajstić information content (AvgIpc) is 2.43. The van der Waals surface area contributed by atoms with Crippen molar-refractivity contribution in [1.29, 1.82) is 0 Å². The fraction of sp³-hybridized carbons (Fsp3) is 0.600. The lowest BCUT2D eigenvalue weighted by atomic mass is 10.1. The largest absolute Gasteiger partial charge is 0.504 e. The highest BCUT2D eigenvalue weighted by Gasteiger charge is 2.20. The molecule has 0 spiro atoms. The molecule has 0 radical (unpaired) electrons. The predicted molar refractivity (Wildman–Crippen MR) is 81.7 cm³/mol. The molecule has 1 aliphatic heterocycles. The van der Waals surface area contributed by atoms with E-state index in [-0.39, 0.29) is 5.75 Å². The van der Waals surface area contributed by atoms with E-state index in [1.54, 1.807) is 6.07 Å². The van der Waals surface area contributed by atoms with Gasteiger partial charge < -0.3 is 9.84 Å². The molecule has 0 unspecified atom stereocenters. The van der Waals surface area contributed by atoms with E-state index in [1.807, 2.05) is 6.07 Å². The minimum absolute atomic E-state index is 0.197. The van der Waals surface area contributed by atoms with Gasteiger partial charge in [-0.05, 0) is 19.9 Å².